The molecule has 2 fully saturated rings. The van der Waals surface area contributed by atoms with E-state index in [9.17, 15) is 4.79 Å². The van der Waals surface area contributed by atoms with Crippen LogP contribution in [0.2, 0.25) is 0 Å². The number of nitrogens with one attached hydrogen (secondary N) is 1. The topological polar surface area (TPSA) is 65.1 Å². The van der Waals surface area contributed by atoms with Crippen LogP contribution in [0.25, 0.3) is 0 Å². The number of hydrogen-bond acceptors (Lipinski definition) is 5. The number of pyridine rings is 1. The highest BCUT2D eigenvalue weighted by atomic mass is 16.1. The molecule has 1 N–H and O–H groups in total. The lowest BCUT2D eigenvalue weighted by atomic mass is 9.82. The van der Waals surface area contributed by atoms with Crippen molar-refractivity contribution in [1.82, 2.24) is 19.9 Å². The van der Waals surface area contributed by atoms with E-state index in [2.05, 4.69) is 36.9 Å². The molecule has 2 aromatic rings. The first-order valence-corrected chi connectivity index (χ1v) is 10.7. The number of rotatable bonds is 5. The van der Waals surface area contributed by atoms with E-state index in [-0.39, 0.29) is 5.56 Å². The Labute approximate surface area is 166 Å². The van der Waals surface area contributed by atoms with Crippen LogP contribution in [0.1, 0.15) is 36.9 Å². The number of anilines is 1. The van der Waals surface area contributed by atoms with Crippen LogP contribution >= 0.6 is 0 Å². The van der Waals surface area contributed by atoms with Crippen LogP contribution in [0.15, 0.2) is 35.5 Å². The van der Waals surface area contributed by atoms with Crippen LogP contribution in [0.5, 0.6) is 0 Å². The van der Waals surface area contributed by atoms with Gasteiger partial charge in [0.05, 0.1) is 12.0 Å². The molecule has 2 unspecified atom stereocenters. The second-order valence-corrected chi connectivity index (χ2v) is 8.76. The molecule has 3 heterocycles. The monoisotopic (exact) mass is 379 g/mol. The van der Waals surface area contributed by atoms with Crippen molar-refractivity contribution in [2.24, 2.45) is 11.3 Å². The van der Waals surface area contributed by atoms with Gasteiger partial charge in [-0.3, -0.25) is 9.69 Å². The Bertz CT molecular complexity index is 874. The maximum Gasteiger partial charge on any atom is 0.254 e. The highest BCUT2D eigenvalue weighted by molar-refractivity contribution is 5.38. The van der Waals surface area contributed by atoms with Crippen LogP contribution in [-0.2, 0) is 12.8 Å². The summed E-state index contributed by atoms with van der Waals surface area (Å²) in [6.07, 6.45) is 10.4. The molecule has 28 heavy (non-hydrogen) atoms. The van der Waals surface area contributed by atoms with E-state index in [1.54, 1.807) is 6.33 Å². The summed E-state index contributed by atoms with van der Waals surface area (Å²) in [5.41, 5.74) is 2.48. The first kappa shape index (κ1) is 17.9. The maximum atomic E-state index is 12.1. The normalized spacial score (nSPS) is 27.0. The largest absolute Gasteiger partial charge is 0.354 e. The molecule has 2 atom stereocenters. The van der Waals surface area contributed by atoms with Gasteiger partial charge in [-0.25, -0.2) is 9.97 Å². The molecule has 2 aromatic heterocycles. The van der Waals surface area contributed by atoms with E-state index in [0.717, 1.165) is 62.0 Å². The fraction of sp³-hybridized carbons (Fsp3) is 0.591. The van der Waals surface area contributed by atoms with Crippen molar-refractivity contribution >= 4 is 5.82 Å². The van der Waals surface area contributed by atoms with Crippen molar-refractivity contribution < 1.29 is 0 Å². The van der Waals surface area contributed by atoms with E-state index < -0.39 is 0 Å². The van der Waals surface area contributed by atoms with Gasteiger partial charge in [0.15, 0.2) is 0 Å². The van der Waals surface area contributed by atoms with Gasteiger partial charge < -0.3 is 9.88 Å². The third kappa shape index (κ3) is 3.46. The third-order valence-electron chi connectivity index (χ3n) is 7.16. The molecule has 2 aliphatic carbocycles. The molecule has 0 bridgehead atoms. The lowest BCUT2D eigenvalue weighted by Crippen LogP contribution is -2.46. The summed E-state index contributed by atoms with van der Waals surface area (Å²) in [7, 11) is 0. The minimum Gasteiger partial charge on any atom is -0.354 e. The zero-order chi connectivity index (χ0) is 19.0. The molecule has 1 spiro atoms. The van der Waals surface area contributed by atoms with Gasteiger partial charge in [-0.2, -0.15) is 0 Å². The number of aromatic nitrogens is 3. The van der Waals surface area contributed by atoms with Gasteiger partial charge in [0, 0.05) is 37.9 Å². The van der Waals surface area contributed by atoms with Crippen molar-refractivity contribution in [1.29, 1.82) is 0 Å². The number of piperazine rings is 1. The SMILES string of the molecule is O=c1[nH]cnc2c1CC1(CC2)CC1CCCN1CCN(c2ccccn2)CC1. The Hall–Kier alpha value is -2.21. The van der Waals surface area contributed by atoms with Gasteiger partial charge in [0.2, 0.25) is 0 Å². The number of H-pyrrole nitrogens is 1. The summed E-state index contributed by atoms with van der Waals surface area (Å²) in [4.78, 5) is 28.7. The number of aryl methyl sites for hydroxylation is 1. The van der Waals surface area contributed by atoms with Crippen molar-refractivity contribution in [2.75, 3.05) is 37.6 Å². The standard InChI is InChI=1S/C22H29N5O/c28-21-18-15-22(7-6-19(18)24-16-25-21)14-17(22)4-3-9-26-10-12-27(13-11-26)20-5-1-2-8-23-20/h1-2,5,8,16-17H,3-4,6-7,9-15H2,(H,24,25,28). The van der Waals surface area contributed by atoms with Crippen LogP contribution in [0.4, 0.5) is 5.82 Å². The highest BCUT2D eigenvalue weighted by Gasteiger charge is 2.54. The van der Waals surface area contributed by atoms with Crippen molar-refractivity contribution in [3.63, 3.8) is 0 Å². The number of aromatic amines is 1. The maximum absolute atomic E-state index is 12.1. The Balaban J connectivity index is 1.07. The van der Waals surface area contributed by atoms with Crippen molar-refractivity contribution in [3.8, 4) is 0 Å². The Kier molecular flexibility index (Phi) is 4.67. The van der Waals surface area contributed by atoms with Gasteiger partial charge in [0.1, 0.15) is 5.82 Å². The summed E-state index contributed by atoms with van der Waals surface area (Å²) in [6, 6.07) is 6.14. The number of nitrogens with zero attached hydrogens (tertiary/aromatic N) is 4. The Morgan fingerprint density at radius 2 is 2.07 bits per heavy atom. The van der Waals surface area contributed by atoms with E-state index in [1.807, 2.05) is 12.3 Å². The minimum atomic E-state index is 0.0838. The summed E-state index contributed by atoms with van der Waals surface area (Å²) < 4.78 is 0. The molecule has 1 aliphatic heterocycles. The highest BCUT2D eigenvalue weighted by Crippen LogP contribution is 2.61. The minimum absolute atomic E-state index is 0.0838. The zero-order valence-corrected chi connectivity index (χ0v) is 16.4. The van der Waals surface area contributed by atoms with Gasteiger partial charge in [0.25, 0.3) is 5.56 Å². The average molecular weight is 380 g/mol. The quantitative estimate of drug-likeness (QED) is 0.863. The smallest absolute Gasteiger partial charge is 0.254 e. The number of fused-ring (bicyclic) bond motifs is 1. The molecule has 3 aliphatic rings. The van der Waals surface area contributed by atoms with E-state index >= 15 is 0 Å². The molecule has 1 saturated heterocycles. The van der Waals surface area contributed by atoms with Crippen molar-refractivity contribution in [3.05, 3.63) is 52.3 Å². The second-order valence-electron chi connectivity index (χ2n) is 8.76. The molecule has 6 heteroatoms. The van der Waals surface area contributed by atoms with Crippen LogP contribution in [0, 0.1) is 11.3 Å². The van der Waals surface area contributed by atoms with Crippen molar-refractivity contribution in [2.45, 2.75) is 38.5 Å². The molecule has 0 aromatic carbocycles. The van der Waals surface area contributed by atoms with Gasteiger partial charge in [-0.05, 0) is 68.5 Å². The summed E-state index contributed by atoms with van der Waals surface area (Å²) in [6.45, 7) is 5.58. The van der Waals surface area contributed by atoms with E-state index in [1.165, 1.54) is 32.2 Å². The van der Waals surface area contributed by atoms with Crippen LogP contribution < -0.4 is 10.5 Å². The van der Waals surface area contributed by atoms with Gasteiger partial charge >= 0.3 is 0 Å². The summed E-state index contributed by atoms with van der Waals surface area (Å²) >= 11 is 0. The summed E-state index contributed by atoms with van der Waals surface area (Å²) in [5.74, 6) is 1.90. The molecule has 148 valence electrons. The molecule has 0 radical (unpaired) electrons. The zero-order valence-electron chi connectivity index (χ0n) is 16.4. The van der Waals surface area contributed by atoms with Crippen LogP contribution in [-0.4, -0.2) is 52.6 Å². The second kappa shape index (κ2) is 7.32. The Morgan fingerprint density at radius 3 is 2.89 bits per heavy atom. The van der Waals surface area contributed by atoms with E-state index in [0.29, 0.717) is 5.41 Å². The van der Waals surface area contributed by atoms with Crippen LogP contribution in [0.3, 0.4) is 0 Å². The lowest BCUT2D eigenvalue weighted by molar-refractivity contribution is 0.247. The molecular weight excluding hydrogens is 350 g/mol. The first-order chi connectivity index (χ1) is 13.7. The molecule has 6 nitrogen and oxygen atoms in total. The fourth-order valence-electron chi connectivity index (χ4n) is 5.34. The third-order valence-corrected chi connectivity index (χ3v) is 7.16. The number of hydrogen-bond donors (Lipinski definition) is 1. The molecule has 1 saturated carbocycles. The lowest BCUT2D eigenvalue weighted by Gasteiger charge is -2.35. The first-order valence-electron chi connectivity index (χ1n) is 10.7. The fourth-order valence-corrected chi connectivity index (χ4v) is 5.34. The average Bonchev–Trinajstić information content (AvgIpc) is 3.41. The predicted molar refractivity (Wildman–Crippen MR) is 110 cm³/mol. The predicted octanol–water partition coefficient (Wildman–Crippen LogP) is 2.26. The molecular formula is C22H29N5O. The van der Waals surface area contributed by atoms with Gasteiger partial charge in [-0.1, -0.05) is 6.07 Å². The summed E-state index contributed by atoms with van der Waals surface area (Å²) in [5, 5.41) is 0. The Morgan fingerprint density at radius 1 is 1.18 bits per heavy atom. The van der Waals surface area contributed by atoms with Gasteiger partial charge in [-0.15, -0.1) is 0 Å². The van der Waals surface area contributed by atoms with E-state index in [4.69, 9.17) is 0 Å². The molecule has 5 rings (SSSR count). The molecule has 0 amide bonds.